The van der Waals surface area contributed by atoms with Gasteiger partial charge in [-0.1, -0.05) is 16.1 Å². The Kier molecular flexibility index (Phi) is 2.58. The third kappa shape index (κ3) is 1.76. The first-order chi connectivity index (χ1) is 5.86. The fourth-order valence-electron chi connectivity index (χ4n) is 1.44. The predicted molar refractivity (Wildman–Crippen MR) is 49.4 cm³/mol. The highest BCUT2D eigenvalue weighted by molar-refractivity contribution is 7.10. The third-order valence-electron chi connectivity index (χ3n) is 2.08. The van der Waals surface area contributed by atoms with Gasteiger partial charge in [0.1, 0.15) is 10.0 Å². The lowest BCUT2D eigenvalue weighted by Gasteiger charge is -2.11. The molecule has 1 aliphatic rings. The number of likely N-dealkylation sites (tertiary alicyclic amines) is 1. The molecule has 2 heterocycles. The summed E-state index contributed by atoms with van der Waals surface area (Å²) in [7, 11) is 0. The van der Waals surface area contributed by atoms with Crippen LogP contribution < -0.4 is 0 Å². The van der Waals surface area contributed by atoms with Crippen molar-refractivity contribution in [3.63, 3.8) is 0 Å². The van der Waals surface area contributed by atoms with Crippen LogP contribution >= 0.6 is 23.1 Å². The van der Waals surface area contributed by atoms with Gasteiger partial charge in [0.2, 0.25) is 0 Å². The lowest BCUT2D eigenvalue weighted by atomic mass is 10.4. The van der Waals surface area contributed by atoms with E-state index in [1.165, 1.54) is 37.5 Å². The number of aromatic nitrogens is 2. The Morgan fingerprint density at radius 3 is 2.75 bits per heavy atom. The summed E-state index contributed by atoms with van der Waals surface area (Å²) in [5.74, 6) is 0. The first kappa shape index (κ1) is 8.41. The highest BCUT2D eigenvalue weighted by Crippen LogP contribution is 2.20. The van der Waals surface area contributed by atoms with E-state index in [0.29, 0.717) is 0 Å². The maximum Gasteiger partial charge on any atom is 0.138 e. The van der Waals surface area contributed by atoms with E-state index in [9.17, 15) is 0 Å². The maximum atomic E-state index is 5.89. The minimum Gasteiger partial charge on any atom is -0.297 e. The summed E-state index contributed by atoms with van der Waals surface area (Å²) in [6.07, 6.45) is 2.60. The molecular formula is C7H10ClN3S. The summed E-state index contributed by atoms with van der Waals surface area (Å²) >= 11 is 7.15. The van der Waals surface area contributed by atoms with Crippen molar-refractivity contribution in [1.82, 2.24) is 14.5 Å². The quantitative estimate of drug-likeness (QED) is 0.734. The minimum absolute atomic E-state index is 0.738. The molecule has 66 valence electrons. The normalized spacial score (nSPS) is 18.8. The van der Waals surface area contributed by atoms with Crippen molar-refractivity contribution in [3.05, 3.63) is 10.0 Å². The van der Waals surface area contributed by atoms with E-state index in [2.05, 4.69) is 14.5 Å². The minimum atomic E-state index is 0.738. The molecule has 0 amide bonds. The lowest BCUT2D eigenvalue weighted by molar-refractivity contribution is 0.327. The van der Waals surface area contributed by atoms with E-state index in [1.807, 2.05) is 0 Å². The molecule has 0 aliphatic carbocycles. The summed E-state index contributed by atoms with van der Waals surface area (Å²) in [5.41, 5.74) is 0.934. The van der Waals surface area contributed by atoms with Crippen molar-refractivity contribution in [3.8, 4) is 0 Å². The van der Waals surface area contributed by atoms with Crippen LogP contribution in [0.3, 0.4) is 0 Å². The molecule has 5 heteroatoms. The second-order valence-electron chi connectivity index (χ2n) is 2.98. The Morgan fingerprint density at radius 2 is 2.17 bits per heavy atom. The van der Waals surface area contributed by atoms with Gasteiger partial charge in [-0.25, -0.2) is 0 Å². The molecule has 1 fully saturated rings. The standard InChI is InChI=1S/C7H10ClN3S/c8-7-6(9-10-12-7)5-11-3-1-2-4-11/h1-5H2. The van der Waals surface area contributed by atoms with E-state index in [-0.39, 0.29) is 0 Å². The van der Waals surface area contributed by atoms with E-state index in [4.69, 9.17) is 11.6 Å². The van der Waals surface area contributed by atoms with Gasteiger partial charge in [0.05, 0.1) is 0 Å². The molecule has 1 aromatic heterocycles. The van der Waals surface area contributed by atoms with Crippen LogP contribution in [0.4, 0.5) is 0 Å². The topological polar surface area (TPSA) is 29.0 Å². The Morgan fingerprint density at radius 1 is 1.42 bits per heavy atom. The monoisotopic (exact) mass is 203 g/mol. The fraction of sp³-hybridized carbons (Fsp3) is 0.714. The molecule has 0 atom stereocenters. The van der Waals surface area contributed by atoms with Crippen LogP contribution in [0.5, 0.6) is 0 Å². The Labute approximate surface area is 80.5 Å². The fourth-order valence-corrected chi connectivity index (χ4v) is 2.06. The van der Waals surface area contributed by atoms with Crippen LogP contribution in [0, 0.1) is 0 Å². The first-order valence-electron chi connectivity index (χ1n) is 4.05. The van der Waals surface area contributed by atoms with Crippen molar-refractivity contribution in [1.29, 1.82) is 0 Å². The highest BCUT2D eigenvalue weighted by atomic mass is 35.5. The van der Waals surface area contributed by atoms with Crippen molar-refractivity contribution in [2.75, 3.05) is 13.1 Å². The molecule has 0 aromatic carbocycles. The van der Waals surface area contributed by atoms with E-state index in [0.717, 1.165) is 16.6 Å². The molecule has 0 spiro atoms. The van der Waals surface area contributed by atoms with Gasteiger partial charge in [0, 0.05) is 18.1 Å². The average molecular weight is 204 g/mol. The molecule has 2 rings (SSSR count). The molecule has 1 aromatic rings. The molecule has 1 saturated heterocycles. The zero-order valence-electron chi connectivity index (χ0n) is 6.66. The molecule has 0 N–H and O–H groups in total. The molecule has 0 saturated carbocycles. The molecule has 3 nitrogen and oxygen atoms in total. The van der Waals surface area contributed by atoms with Gasteiger partial charge in [0.25, 0.3) is 0 Å². The van der Waals surface area contributed by atoms with Gasteiger partial charge in [-0.3, -0.25) is 4.90 Å². The largest absolute Gasteiger partial charge is 0.297 e. The third-order valence-corrected chi connectivity index (χ3v) is 3.07. The van der Waals surface area contributed by atoms with Crippen molar-refractivity contribution < 1.29 is 0 Å². The summed E-state index contributed by atoms with van der Waals surface area (Å²) in [6, 6.07) is 0. The van der Waals surface area contributed by atoms with Crippen LogP contribution in [-0.4, -0.2) is 27.6 Å². The first-order valence-corrected chi connectivity index (χ1v) is 5.20. The van der Waals surface area contributed by atoms with Crippen LogP contribution in [0.2, 0.25) is 4.34 Å². The summed E-state index contributed by atoms with van der Waals surface area (Å²) in [5, 5.41) is 3.97. The van der Waals surface area contributed by atoms with E-state index in [1.54, 1.807) is 0 Å². The second-order valence-corrected chi connectivity index (χ2v) is 4.33. The molecule has 0 unspecified atom stereocenters. The van der Waals surface area contributed by atoms with Crippen molar-refractivity contribution in [2.24, 2.45) is 0 Å². The van der Waals surface area contributed by atoms with E-state index < -0.39 is 0 Å². The zero-order chi connectivity index (χ0) is 8.39. The molecule has 12 heavy (non-hydrogen) atoms. The second kappa shape index (κ2) is 3.68. The van der Waals surface area contributed by atoms with Crippen molar-refractivity contribution in [2.45, 2.75) is 19.4 Å². The Balaban J connectivity index is 1.98. The summed E-state index contributed by atoms with van der Waals surface area (Å²) in [4.78, 5) is 2.36. The SMILES string of the molecule is Clc1snnc1CN1CCCC1. The van der Waals surface area contributed by atoms with Crippen molar-refractivity contribution >= 4 is 23.1 Å². The molecule has 1 aliphatic heterocycles. The highest BCUT2D eigenvalue weighted by Gasteiger charge is 2.15. The number of hydrogen-bond acceptors (Lipinski definition) is 4. The molecule has 0 radical (unpaired) electrons. The van der Waals surface area contributed by atoms with Gasteiger partial charge < -0.3 is 0 Å². The molecular weight excluding hydrogens is 194 g/mol. The van der Waals surface area contributed by atoms with E-state index >= 15 is 0 Å². The number of nitrogens with zero attached hydrogens (tertiary/aromatic N) is 3. The maximum absolute atomic E-state index is 5.89. The van der Waals surface area contributed by atoms with Crippen LogP contribution in [-0.2, 0) is 6.54 Å². The Hall–Kier alpha value is -0.190. The smallest absolute Gasteiger partial charge is 0.138 e. The van der Waals surface area contributed by atoms with Crippen LogP contribution in [0.15, 0.2) is 0 Å². The van der Waals surface area contributed by atoms with Crippen LogP contribution in [0.25, 0.3) is 0 Å². The number of rotatable bonds is 2. The Bertz CT molecular complexity index is 257. The number of halogens is 1. The summed E-state index contributed by atoms with van der Waals surface area (Å²) in [6.45, 7) is 3.22. The number of hydrogen-bond donors (Lipinski definition) is 0. The van der Waals surface area contributed by atoms with Gasteiger partial charge in [-0.2, -0.15) is 0 Å². The molecule has 0 bridgehead atoms. The van der Waals surface area contributed by atoms with Gasteiger partial charge in [-0.15, -0.1) is 5.10 Å². The lowest BCUT2D eigenvalue weighted by Crippen LogP contribution is -2.18. The van der Waals surface area contributed by atoms with Gasteiger partial charge in [-0.05, 0) is 25.9 Å². The van der Waals surface area contributed by atoms with Crippen LogP contribution in [0.1, 0.15) is 18.5 Å². The van der Waals surface area contributed by atoms with Gasteiger partial charge >= 0.3 is 0 Å². The predicted octanol–water partition coefficient (Wildman–Crippen LogP) is 1.79. The van der Waals surface area contributed by atoms with Gasteiger partial charge in [0.15, 0.2) is 0 Å². The summed E-state index contributed by atoms with van der Waals surface area (Å²) < 4.78 is 4.53. The average Bonchev–Trinajstić information content (AvgIpc) is 2.65. The zero-order valence-corrected chi connectivity index (χ0v) is 8.24.